The van der Waals surface area contributed by atoms with Crippen LogP contribution in [0.3, 0.4) is 0 Å². The maximum Gasteiger partial charge on any atom is 0.325 e. The summed E-state index contributed by atoms with van der Waals surface area (Å²) in [5.74, 6) is -0.668. The molecule has 1 aromatic heterocycles. The Bertz CT molecular complexity index is 727. The number of benzene rings is 1. The van der Waals surface area contributed by atoms with Gasteiger partial charge in [-0.1, -0.05) is 30.3 Å². The number of carbonyl (C=O) groups excluding carboxylic acids is 3. The molecule has 0 bridgehead atoms. The number of thiophene rings is 1. The second-order valence-electron chi connectivity index (χ2n) is 5.25. The quantitative estimate of drug-likeness (QED) is 0.696. The highest BCUT2D eigenvalue weighted by molar-refractivity contribution is 7.08. The van der Waals surface area contributed by atoms with Crippen LogP contribution in [0.2, 0.25) is 0 Å². The van der Waals surface area contributed by atoms with Crippen LogP contribution in [0, 0.1) is 0 Å². The summed E-state index contributed by atoms with van der Waals surface area (Å²) in [7, 11) is 0. The van der Waals surface area contributed by atoms with E-state index in [2.05, 4.69) is 5.32 Å². The number of hydrogen-bond acceptors (Lipinski definition) is 4. The van der Waals surface area contributed by atoms with Gasteiger partial charge in [-0.3, -0.25) is 14.5 Å². The predicted molar refractivity (Wildman–Crippen MR) is 82.7 cm³/mol. The Hall–Kier alpha value is -2.47. The molecule has 0 radical (unpaired) electrons. The van der Waals surface area contributed by atoms with Crippen LogP contribution in [0.15, 0.2) is 47.2 Å². The molecule has 3 amide bonds. The van der Waals surface area contributed by atoms with Crippen molar-refractivity contribution in [1.82, 2.24) is 10.2 Å². The molecule has 1 aromatic carbocycles. The third-order valence-electron chi connectivity index (χ3n) is 3.77. The van der Waals surface area contributed by atoms with Crippen molar-refractivity contribution in [3.8, 4) is 0 Å². The first-order valence-electron chi connectivity index (χ1n) is 6.77. The zero-order valence-electron chi connectivity index (χ0n) is 11.9. The van der Waals surface area contributed by atoms with Crippen molar-refractivity contribution in [3.05, 3.63) is 58.3 Å². The molecule has 1 saturated heterocycles. The van der Waals surface area contributed by atoms with E-state index in [0.29, 0.717) is 5.56 Å². The first-order valence-corrected chi connectivity index (χ1v) is 7.71. The maximum atomic E-state index is 12.6. The summed E-state index contributed by atoms with van der Waals surface area (Å²) in [6.45, 7) is 1.40. The SMILES string of the molecule is C[C@@]1(c2ccsc2)NC(=O)N(CC(=O)c2ccccc2)C1=O. The molecular formula is C16H14N2O3S. The van der Waals surface area contributed by atoms with Gasteiger partial charge in [0, 0.05) is 5.56 Å². The number of nitrogens with one attached hydrogen (secondary N) is 1. The number of rotatable bonds is 4. The summed E-state index contributed by atoms with van der Waals surface area (Å²) in [5.41, 5.74) is 0.103. The Labute approximate surface area is 131 Å². The van der Waals surface area contributed by atoms with Gasteiger partial charge < -0.3 is 5.32 Å². The van der Waals surface area contributed by atoms with Crippen LogP contribution in [0.5, 0.6) is 0 Å². The zero-order chi connectivity index (χ0) is 15.7. The molecule has 1 aliphatic heterocycles. The van der Waals surface area contributed by atoms with Crippen molar-refractivity contribution in [1.29, 1.82) is 0 Å². The van der Waals surface area contributed by atoms with E-state index in [-0.39, 0.29) is 12.3 Å². The highest BCUT2D eigenvalue weighted by Gasteiger charge is 2.49. The van der Waals surface area contributed by atoms with Crippen LogP contribution in [-0.2, 0) is 10.3 Å². The molecule has 0 spiro atoms. The first-order chi connectivity index (χ1) is 10.5. The monoisotopic (exact) mass is 314 g/mol. The van der Waals surface area contributed by atoms with Crippen molar-refractivity contribution in [2.24, 2.45) is 0 Å². The molecule has 0 saturated carbocycles. The second kappa shape index (κ2) is 5.38. The average molecular weight is 314 g/mol. The van der Waals surface area contributed by atoms with Crippen LogP contribution < -0.4 is 5.32 Å². The normalized spacial score (nSPS) is 21.0. The van der Waals surface area contributed by atoms with Crippen molar-refractivity contribution in [2.75, 3.05) is 6.54 Å². The fourth-order valence-corrected chi connectivity index (χ4v) is 3.21. The molecule has 0 unspecified atom stereocenters. The van der Waals surface area contributed by atoms with E-state index >= 15 is 0 Å². The van der Waals surface area contributed by atoms with Gasteiger partial charge in [-0.25, -0.2) is 4.79 Å². The summed E-state index contributed by atoms with van der Waals surface area (Å²) < 4.78 is 0. The summed E-state index contributed by atoms with van der Waals surface area (Å²) in [4.78, 5) is 37.9. The van der Waals surface area contributed by atoms with Gasteiger partial charge in [0.25, 0.3) is 5.91 Å². The lowest BCUT2D eigenvalue weighted by Crippen LogP contribution is -2.41. The lowest BCUT2D eigenvalue weighted by molar-refractivity contribution is -0.130. The molecule has 1 N–H and O–H groups in total. The number of imide groups is 1. The number of urea groups is 1. The Morgan fingerprint density at radius 3 is 2.59 bits per heavy atom. The van der Waals surface area contributed by atoms with E-state index in [1.165, 1.54) is 11.3 Å². The number of hydrogen-bond donors (Lipinski definition) is 1. The van der Waals surface area contributed by atoms with Crippen LogP contribution >= 0.6 is 11.3 Å². The lowest BCUT2D eigenvalue weighted by atomic mass is 9.95. The summed E-state index contributed by atoms with van der Waals surface area (Å²) in [5, 5.41) is 6.35. The van der Waals surface area contributed by atoms with Crippen molar-refractivity contribution in [2.45, 2.75) is 12.5 Å². The minimum Gasteiger partial charge on any atom is -0.319 e. The van der Waals surface area contributed by atoms with E-state index < -0.39 is 17.5 Å². The first kappa shape index (κ1) is 14.5. The fourth-order valence-electron chi connectivity index (χ4n) is 2.44. The van der Waals surface area contributed by atoms with E-state index in [4.69, 9.17) is 0 Å². The van der Waals surface area contributed by atoms with Gasteiger partial charge in [0.05, 0.1) is 6.54 Å². The summed E-state index contributed by atoms with van der Waals surface area (Å²) in [6.07, 6.45) is 0. The van der Waals surface area contributed by atoms with Gasteiger partial charge in [-0.05, 0) is 29.3 Å². The lowest BCUT2D eigenvalue weighted by Gasteiger charge is -2.20. The second-order valence-corrected chi connectivity index (χ2v) is 6.03. The zero-order valence-corrected chi connectivity index (χ0v) is 12.7. The van der Waals surface area contributed by atoms with Gasteiger partial charge in [-0.15, -0.1) is 0 Å². The number of carbonyl (C=O) groups is 3. The highest BCUT2D eigenvalue weighted by Crippen LogP contribution is 2.30. The largest absolute Gasteiger partial charge is 0.325 e. The molecule has 6 heteroatoms. The molecule has 1 aliphatic rings. The predicted octanol–water partition coefficient (Wildman–Crippen LogP) is 2.40. The van der Waals surface area contributed by atoms with Crippen LogP contribution in [-0.4, -0.2) is 29.2 Å². The van der Waals surface area contributed by atoms with Gasteiger partial charge >= 0.3 is 6.03 Å². The molecule has 5 nitrogen and oxygen atoms in total. The molecule has 112 valence electrons. The Kier molecular flexibility index (Phi) is 3.54. The number of amides is 3. The number of Topliss-reactive ketones (excluding diaryl/α,β-unsaturated/α-hetero) is 1. The maximum absolute atomic E-state index is 12.6. The van der Waals surface area contributed by atoms with Crippen molar-refractivity contribution >= 4 is 29.1 Å². The van der Waals surface area contributed by atoms with E-state index in [0.717, 1.165) is 10.5 Å². The van der Waals surface area contributed by atoms with E-state index in [9.17, 15) is 14.4 Å². The molecule has 1 atom stereocenters. The Morgan fingerprint density at radius 2 is 1.95 bits per heavy atom. The molecular weight excluding hydrogens is 300 g/mol. The molecule has 22 heavy (non-hydrogen) atoms. The number of nitrogens with zero attached hydrogens (tertiary/aromatic N) is 1. The van der Waals surface area contributed by atoms with Gasteiger partial charge in [0.15, 0.2) is 5.78 Å². The van der Waals surface area contributed by atoms with Gasteiger partial charge in [0.1, 0.15) is 5.54 Å². The third kappa shape index (κ3) is 2.31. The van der Waals surface area contributed by atoms with Gasteiger partial charge in [0.2, 0.25) is 0 Å². The fraction of sp³-hybridized carbons (Fsp3) is 0.188. The van der Waals surface area contributed by atoms with Crippen molar-refractivity contribution in [3.63, 3.8) is 0 Å². The smallest absolute Gasteiger partial charge is 0.319 e. The molecule has 2 aromatic rings. The van der Waals surface area contributed by atoms with E-state index in [1.54, 1.807) is 43.3 Å². The van der Waals surface area contributed by atoms with Crippen molar-refractivity contribution < 1.29 is 14.4 Å². The molecule has 1 fully saturated rings. The minimum atomic E-state index is -1.10. The van der Waals surface area contributed by atoms with Crippen LogP contribution in [0.25, 0.3) is 0 Å². The van der Waals surface area contributed by atoms with Gasteiger partial charge in [-0.2, -0.15) is 11.3 Å². The minimum absolute atomic E-state index is 0.256. The Morgan fingerprint density at radius 1 is 1.23 bits per heavy atom. The Balaban J connectivity index is 1.82. The summed E-state index contributed by atoms with van der Waals surface area (Å²) >= 11 is 1.45. The van der Waals surface area contributed by atoms with E-state index in [1.807, 2.05) is 10.8 Å². The third-order valence-corrected chi connectivity index (χ3v) is 4.45. The average Bonchev–Trinajstić information content (AvgIpc) is 3.13. The highest BCUT2D eigenvalue weighted by atomic mass is 32.1. The topological polar surface area (TPSA) is 66.5 Å². The molecule has 2 heterocycles. The molecule has 3 rings (SSSR count). The molecule has 0 aliphatic carbocycles. The van der Waals surface area contributed by atoms with Crippen LogP contribution in [0.1, 0.15) is 22.8 Å². The standard InChI is InChI=1S/C16H14N2O3S/c1-16(12-7-8-22-10-12)14(20)18(15(21)17-16)9-13(19)11-5-3-2-4-6-11/h2-8,10H,9H2,1H3,(H,17,21)/t16-/m0/s1. The van der Waals surface area contributed by atoms with Crippen LogP contribution in [0.4, 0.5) is 4.79 Å². The number of ketones is 1. The summed E-state index contributed by atoms with van der Waals surface area (Å²) in [6, 6.07) is 9.88.